The number of likely N-dealkylation sites (tertiary alicyclic amines) is 1. The van der Waals surface area contributed by atoms with E-state index in [1.54, 1.807) is 0 Å². The number of nitrogens with zero attached hydrogens (tertiary/aromatic N) is 1. The van der Waals surface area contributed by atoms with Gasteiger partial charge in [-0.1, -0.05) is 0 Å². The minimum atomic E-state index is 0.203. The van der Waals surface area contributed by atoms with Crippen molar-refractivity contribution in [2.45, 2.75) is 44.2 Å². The maximum Gasteiger partial charge on any atom is 0.317 e. The molecule has 2 saturated carbocycles. The van der Waals surface area contributed by atoms with Gasteiger partial charge >= 0.3 is 6.03 Å². The van der Waals surface area contributed by atoms with Crippen LogP contribution in [0, 0.1) is 5.92 Å². The Hall–Kier alpha value is -0.730. The summed E-state index contributed by atoms with van der Waals surface area (Å²) < 4.78 is 0. The quantitative estimate of drug-likeness (QED) is 0.649. The predicted octanol–water partition coefficient (Wildman–Crippen LogP) is 1.34. The van der Waals surface area contributed by atoms with Crippen molar-refractivity contribution in [3.05, 3.63) is 0 Å². The number of carbonyl (C=O) groups excluding carboxylic acids is 1. The number of amides is 2. The number of carbonyl (C=O) groups is 1. The predicted molar refractivity (Wildman–Crippen MR) is 49.4 cm³/mol. The first-order chi connectivity index (χ1) is 6.34. The van der Waals surface area contributed by atoms with E-state index in [2.05, 4.69) is 10.2 Å². The molecule has 2 aliphatic carbocycles. The van der Waals surface area contributed by atoms with Gasteiger partial charge < -0.3 is 10.2 Å². The molecule has 2 atom stereocenters. The van der Waals surface area contributed by atoms with E-state index in [1.165, 1.54) is 32.1 Å². The Morgan fingerprint density at radius 3 is 2.92 bits per heavy atom. The molecular formula is C10H16N2O. The van der Waals surface area contributed by atoms with Gasteiger partial charge in [-0.2, -0.15) is 0 Å². The molecule has 72 valence electrons. The lowest BCUT2D eigenvalue weighted by molar-refractivity contribution is 0.181. The van der Waals surface area contributed by atoms with Crippen molar-refractivity contribution in [3.63, 3.8) is 0 Å². The second-order valence-corrected chi connectivity index (χ2v) is 4.62. The van der Waals surface area contributed by atoms with Gasteiger partial charge in [0.05, 0.1) is 0 Å². The highest BCUT2D eigenvalue weighted by Crippen LogP contribution is 2.43. The van der Waals surface area contributed by atoms with Crippen LogP contribution in [-0.4, -0.2) is 29.6 Å². The fourth-order valence-corrected chi connectivity index (χ4v) is 2.35. The van der Waals surface area contributed by atoms with E-state index in [1.807, 2.05) is 0 Å². The fourth-order valence-electron chi connectivity index (χ4n) is 2.35. The van der Waals surface area contributed by atoms with Crippen LogP contribution in [0.3, 0.4) is 0 Å². The third kappa shape index (κ3) is 1.40. The van der Waals surface area contributed by atoms with Crippen LogP contribution in [0.2, 0.25) is 0 Å². The molecule has 2 unspecified atom stereocenters. The highest BCUT2D eigenvalue weighted by atomic mass is 16.2. The summed E-state index contributed by atoms with van der Waals surface area (Å²) >= 11 is 0. The minimum absolute atomic E-state index is 0.203. The Morgan fingerprint density at radius 2 is 2.15 bits per heavy atom. The van der Waals surface area contributed by atoms with Crippen molar-refractivity contribution < 1.29 is 4.79 Å². The lowest BCUT2D eigenvalue weighted by atomic mass is 10.1. The lowest BCUT2D eigenvalue weighted by Gasteiger charge is -2.26. The third-order valence-corrected chi connectivity index (χ3v) is 3.43. The van der Waals surface area contributed by atoms with Crippen LogP contribution in [0.4, 0.5) is 4.79 Å². The Balaban J connectivity index is 1.59. The van der Waals surface area contributed by atoms with Gasteiger partial charge in [0.15, 0.2) is 0 Å². The van der Waals surface area contributed by atoms with Gasteiger partial charge in [-0.25, -0.2) is 4.79 Å². The monoisotopic (exact) mass is 180 g/mol. The molecule has 3 aliphatic rings. The molecule has 0 bridgehead atoms. The Bertz CT molecular complexity index is 237. The average molecular weight is 180 g/mol. The van der Waals surface area contributed by atoms with Gasteiger partial charge in [0.25, 0.3) is 0 Å². The number of fused-ring (bicyclic) bond motifs is 1. The van der Waals surface area contributed by atoms with Gasteiger partial charge in [-0.05, 0) is 38.0 Å². The van der Waals surface area contributed by atoms with Crippen molar-refractivity contribution in [2.24, 2.45) is 5.92 Å². The van der Waals surface area contributed by atoms with Gasteiger partial charge in [0.2, 0.25) is 0 Å². The SMILES string of the molecule is O=C(NC1CC1)N1CCCC2CC21. The first kappa shape index (κ1) is 7.65. The second-order valence-electron chi connectivity index (χ2n) is 4.62. The number of hydrogen-bond donors (Lipinski definition) is 1. The summed E-state index contributed by atoms with van der Waals surface area (Å²) in [5.74, 6) is 0.846. The van der Waals surface area contributed by atoms with Crippen LogP contribution in [0.25, 0.3) is 0 Å². The normalized spacial score (nSPS) is 36.8. The van der Waals surface area contributed by atoms with Crippen molar-refractivity contribution in [1.82, 2.24) is 10.2 Å². The molecule has 3 fully saturated rings. The van der Waals surface area contributed by atoms with Crippen LogP contribution in [-0.2, 0) is 0 Å². The van der Waals surface area contributed by atoms with E-state index in [0.717, 1.165) is 12.5 Å². The summed E-state index contributed by atoms with van der Waals surface area (Å²) in [6.45, 7) is 0.986. The Morgan fingerprint density at radius 1 is 1.31 bits per heavy atom. The molecule has 1 heterocycles. The number of nitrogens with one attached hydrogen (secondary N) is 1. The van der Waals surface area contributed by atoms with Crippen molar-refractivity contribution in [3.8, 4) is 0 Å². The van der Waals surface area contributed by atoms with E-state index in [0.29, 0.717) is 12.1 Å². The molecule has 3 rings (SSSR count). The van der Waals surface area contributed by atoms with Gasteiger partial charge in [0, 0.05) is 18.6 Å². The third-order valence-electron chi connectivity index (χ3n) is 3.43. The zero-order chi connectivity index (χ0) is 8.84. The topological polar surface area (TPSA) is 32.3 Å². The number of urea groups is 1. The zero-order valence-corrected chi connectivity index (χ0v) is 7.83. The molecule has 1 N–H and O–H groups in total. The molecule has 1 saturated heterocycles. The Labute approximate surface area is 78.5 Å². The molecule has 0 aromatic heterocycles. The molecule has 0 aromatic carbocycles. The summed E-state index contributed by atoms with van der Waals surface area (Å²) in [7, 11) is 0. The van der Waals surface area contributed by atoms with Crippen LogP contribution >= 0.6 is 0 Å². The molecule has 3 heteroatoms. The van der Waals surface area contributed by atoms with Crippen molar-refractivity contribution in [2.75, 3.05) is 6.54 Å². The van der Waals surface area contributed by atoms with Crippen LogP contribution in [0.15, 0.2) is 0 Å². The standard InChI is InChI=1S/C10H16N2O/c13-10(11-8-3-4-8)12-5-1-2-7-6-9(7)12/h7-9H,1-6H2,(H,11,13). The summed E-state index contributed by atoms with van der Waals surface area (Å²) in [5, 5.41) is 3.07. The first-order valence-corrected chi connectivity index (χ1v) is 5.42. The highest BCUT2D eigenvalue weighted by molar-refractivity contribution is 5.75. The smallest absolute Gasteiger partial charge is 0.317 e. The minimum Gasteiger partial charge on any atom is -0.335 e. The van der Waals surface area contributed by atoms with Crippen LogP contribution < -0.4 is 5.32 Å². The summed E-state index contributed by atoms with van der Waals surface area (Å²) in [6, 6.07) is 1.31. The van der Waals surface area contributed by atoms with Gasteiger partial charge in [-0.3, -0.25) is 0 Å². The first-order valence-electron chi connectivity index (χ1n) is 5.42. The van der Waals surface area contributed by atoms with Gasteiger partial charge in [-0.15, -0.1) is 0 Å². The molecule has 13 heavy (non-hydrogen) atoms. The zero-order valence-electron chi connectivity index (χ0n) is 7.83. The summed E-state index contributed by atoms with van der Waals surface area (Å²) in [5.41, 5.74) is 0. The van der Waals surface area contributed by atoms with E-state index >= 15 is 0 Å². The molecule has 3 nitrogen and oxygen atoms in total. The molecule has 0 radical (unpaired) electrons. The second kappa shape index (κ2) is 2.63. The van der Waals surface area contributed by atoms with Crippen molar-refractivity contribution >= 4 is 6.03 Å². The van der Waals surface area contributed by atoms with Crippen LogP contribution in [0.5, 0.6) is 0 Å². The molecule has 0 spiro atoms. The number of piperidine rings is 1. The number of hydrogen-bond acceptors (Lipinski definition) is 1. The van der Waals surface area contributed by atoms with E-state index in [-0.39, 0.29) is 6.03 Å². The lowest BCUT2D eigenvalue weighted by Crippen LogP contribution is -2.44. The fraction of sp³-hybridized carbons (Fsp3) is 0.900. The Kier molecular flexibility index (Phi) is 1.55. The van der Waals surface area contributed by atoms with Crippen LogP contribution in [0.1, 0.15) is 32.1 Å². The van der Waals surface area contributed by atoms with E-state index in [9.17, 15) is 4.79 Å². The molecule has 2 amide bonds. The summed E-state index contributed by atoms with van der Waals surface area (Å²) in [4.78, 5) is 13.8. The largest absolute Gasteiger partial charge is 0.335 e. The number of rotatable bonds is 1. The van der Waals surface area contributed by atoms with Crippen molar-refractivity contribution in [1.29, 1.82) is 0 Å². The maximum atomic E-state index is 11.7. The summed E-state index contributed by atoms with van der Waals surface area (Å²) in [6.07, 6.45) is 6.19. The highest BCUT2D eigenvalue weighted by Gasteiger charge is 2.46. The van der Waals surface area contributed by atoms with E-state index < -0.39 is 0 Å². The molecule has 1 aliphatic heterocycles. The van der Waals surface area contributed by atoms with E-state index in [4.69, 9.17) is 0 Å². The van der Waals surface area contributed by atoms with Gasteiger partial charge in [0.1, 0.15) is 0 Å². The average Bonchev–Trinajstić information content (AvgIpc) is 2.97. The maximum absolute atomic E-state index is 11.7. The molecular weight excluding hydrogens is 164 g/mol. The molecule has 0 aromatic rings.